The molecule has 0 aromatic carbocycles. The molecular weight excluding hydrogens is 292 g/mol. The smallest absolute Gasteiger partial charge is 0.244 e. The minimum Gasteiger partial charge on any atom is -0.464 e. The van der Waals surface area contributed by atoms with Crippen LogP contribution in [0.4, 0.5) is 0 Å². The van der Waals surface area contributed by atoms with Gasteiger partial charge in [-0.2, -0.15) is 0 Å². The van der Waals surface area contributed by atoms with E-state index in [2.05, 4.69) is 10.0 Å². The van der Waals surface area contributed by atoms with Crippen LogP contribution in [0.25, 0.3) is 0 Å². The molecule has 1 aromatic rings. The van der Waals surface area contributed by atoms with Gasteiger partial charge >= 0.3 is 0 Å². The molecule has 0 saturated heterocycles. The van der Waals surface area contributed by atoms with Gasteiger partial charge in [0.25, 0.3) is 0 Å². The van der Waals surface area contributed by atoms with E-state index < -0.39 is 10.0 Å². The number of aryl methyl sites for hydroxylation is 1. The van der Waals surface area contributed by atoms with E-state index in [0.717, 1.165) is 6.54 Å². The van der Waals surface area contributed by atoms with Crippen LogP contribution >= 0.6 is 0 Å². The highest BCUT2D eigenvalue weighted by Crippen LogP contribution is 2.21. The molecule has 1 rings (SSSR count). The van der Waals surface area contributed by atoms with Gasteiger partial charge in [0.05, 0.1) is 13.2 Å². The van der Waals surface area contributed by atoms with Crippen LogP contribution in [-0.2, 0) is 21.3 Å². The monoisotopic (exact) mass is 318 g/mol. The van der Waals surface area contributed by atoms with E-state index in [1.165, 1.54) is 0 Å². The molecule has 0 spiro atoms. The summed E-state index contributed by atoms with van der Waals surface area (Å²) in [6.07, 6.45) is 0. The van der Waals surface area contributed by atoms with Crippen LogP contribution in [0.5, 0.6) is 0 Å². The number of methoxy groups -OCH3 is 1. The van der Waals surface area contributed by atoms with Crippen molar-refractivity contribution in [2.24, 2.45) is 5.92 Å². The maximum Gasteiger partial charge on any atom is 0.244 e. The zero-order valence-electron chi connectivity index (χ0n) is 13.4. The third-order valence-corrected chi connectivity index (χ3v) is 4.82. The van der Waals surface area contributed by atoms with Crippen LogP contribution in [-0.4, -0.2) is 34.7 Å². The molecule has 0 aliphatic heterocycles. The summed E-state index contributed by atoms with van der Waals surface area (Å²) in [4.78, 5) is 0.192. The molecule has 0 amide bonds. The summed E-state index contributed by atoms with van der Waals surface area (Å²) in [5.74, 6) is 1.14. The number of rotatable bonds is 9. The summed E-state index contributed by atoms with van der Waals surface area (Å²) in [5, 5.41) is 3.11. The van der Waals surface area contributed by atoms with Crippen molar-refractivity contribution >= 4 is 10.0 Å². The molecule has 1 heterocycles. The van der Waals surface area contributed by atoms with E-state index in [4.69, 9.17) is 9.15 Å². The van der Waals surface area contributed by atoms with Crippen molar-refractivity contribution in [3.8, 4) is 0 Å². The van der Waals surface area contributed by atoms with E-state index in [0.29, 0.717) is 24.7 Å². The second-order valence-electron chi connectivity index (χ2n) is 5.34. The zero-order valence-corrected chi connectivity index (χ0v) is 14.2. The fraction of sp³-hybridized carbons (Fsp3) is 0.714. The first-order valence-corrected chi connectivity index (χ1v) is 8.61. The van der Waals surface area contributed by atoms with Gasteiger partial charge in [-0.1, -0.05) is 20.8 Å². The first-order chi connectivity index (χ1) is 9.81. The van der Waals surface area contributed by atoms with Crippen LogP contribution in [0.1, 0.15) is 32.3 Å². The summed E-state index contributed by atoms with van der Waals surface area (Å²) >= 11 is 0. The molecule has 2 N–H and O–H groups in total. The second-order valence-corrected chi connectivity index (χ2v) is 7.02. The van der Waals surface area contributed by atoms with Crippen molar-refractivity contribution in [1.82, 2.24) is 10.0 Å². The Labute approximate surface area is 127 Å². The predicted octanol–water partition coefficient (Wildman–Crippen LogP) is 1.65. The van der Waals surface area contributed by atoms with Crippen molar-refractivity contribution in [3.05, 3.63) is 17.6 Å². The molecule has 6 nitrogen and oxygen atoms in total. The third kappa shape index (κ3) is 5.10. The lowest BCUT2D eigenvalue weighted by Gasteiger charge is -2.21. The van der Waals surface area contributed by atoms with Crippen molar-refractivity contribution in [2.75, 3.05) is 20.3 Å². The summed E-state index contributed by atoms with van der Waals surface area (Å²) < 4.78 is 38.2. The minimum atomic E-state index is -3.61. The number of hydrogen-bond acceptors (Lipinski definition) is 5. The lowest BCUT2D eigenvalue weighted by molar-refractivity contribution is 0.157. The Morgan fingerprint density at radius 3 is 2.57 bits per heavy atom. The second kappa shape index (κ2) is 7.93. The summed E-state index contributed by atoms with van der Waals surface area (Å²) in [5.41, 5.74) is 0. The molecule has 0 bridgehead atoms. The fourth-order valence-corrected chi connectivity index (χ4v) is 3.50. The Balaban J connectivity index is 2.93. The van der Waals surface area contributed by atoms with Gasteiger partial charge in [0.1, 0.15) is 16.4 Å². The summed E-state index contributed by atoms with van der Waals surface area (Å²) in [6.45, 7) is 9.17. The first-order valence-electron chi connectivity index (χ1n) is 7.13. The minimum absolute atomic E-state index is 0.133. The highest BCUT2D eigenvalue weighted by molar-refractivity contribution is 7.89. The Morgan fingerprint density at radius 2 is 2.05 bits per heavy atom. The Morgan fingerprint density at radius 1 is 1.38 bits per heavy atom. The van der Waals surface area contributed by atoms with Gasteiger partial charge in [-0.25, -0.2) is 13.1 Å². The number of furan rings is 1. The largest absolute Gasteiger partial charge is 0.464 e. The van der Waals surface area contributed by atoms with Crippen LogP contribution < -0.4 is 10.0 Å². The predicted molar refractivity (Wildman–Crippen MR) is 81.6 cm³/mol. The van der Waals surface area contributed by atoms with Gasteiger partial charge in [0.2, 0.25) is 10.0 Å². The molecule has 0 fully saturated rings. The van der Waals surface area contributed by atoms with Gasteiger partial charge in [0.15, 0.2) is 0 Å². The van der Waals surface area contributed by atoms with Crippen molar-refractivity contribution < 1.29 is 17.6 Å². The molecule has 1 aromatic heterocycles. The molecule has 0 aliphatic rings. The van der Waals surface area contributed by atoms with Crippen molar-refractivity contribution in [3.63, 3.8) is 0 Å². The van der Waals surface area contributed by atoms with E-state index in [9.17, 15) is 8.42 Å². The van der Waals surface area contributed by atoms with E-state index >= 15 is 0 Å². The third-order valence-electron chi connectivity index (χ3n) is 3.22. The maximum absolute atomic E-state index is 12.5. The van der Waals surface area contributed by atoms with Gasteiger partial charge in [0, 0.05) is 19.2 Å². The molecule has 0 aliphatic carbocycles. The molecule has 122 valence electrons. The molecule has 0 radical (unpaired) electrons. The maximum atomic E-state index is 12.5. The molecule has 1 unspecified atom stereocenters. The Bertz CT molecular complexity index is 537. The van der Waals surface area contributed by atoms with E-state index in [1.54, 1.807) is 20.1 Å². The topological polar surface area (TPSA) is 80.6 Å². The Hall–Kier alpha value is -0.890. The zero-order chi connectivity index (χ0) is 16.0. The van der Waals surface area contributed by atoms with E-state index in [1.807, 2.05) is 20.8 Å². The van der Waals surface area contributed by atoms with Gasteiger partial charge in [-0.3, -0.25) is 0 Å². The van der Waals surface area contributed by atoms with Crippen molar-refractivity contribution in [1.29, 1.82) is 0 Å². The van der Waals surface area contributed by atoms with E-state index in [-0.39, 0.29) is 16.9 Å². The number of ether oxygens (including phenoxy) is 1. The van der Waals surface area contributed by atoms with Crippen LogP contribution in [0.15, 0.2) is 15.4 Å². The molecule has 1 atom stereocenters. The molecule has 7 heteroatoms. The molecule has 0 saturated carbocycles. The van der Waals surface area contributed by atoms with Gasteiger partial charge in [-0.15, -0.1) is 0 Å². The van der Waals surface area contributed by atoms with Crippen LogP contribution in [0, 0.1) is 12.8 Å². The average molecular weight is 318 g/mol. The fourth-order valence-electron chi connectivity index (χ4n) is 1.93. The lowest BCUT2D eigenvalue weighted by Crippen LogP contribution is -2.41. The normalized spacial score (nSPS) is 13.8. The highest BCUT2D eigenvalue weighted by atomic mass is 32.2. The number of sulfonamides is 1. The van der Waals surface area contributed by atoms with Gasteiger partial charge in [-0.05, 0) is 19.4 Å². The highest BCUT2D eigenvalue weighted by Gasteiger charge is 2.26. The quantitative estimate of drug-likeness (QED) is 0.723. The number of hydrogen-bond donors (Lipinski definition) is 2. The Kier molecular flexibility index (Phi) is 6.86. The molecule has 21 heavy (non-hydrogen) atoms. The average Bonchev–Trinajstić information content (AvgIpc) is 2.77. The SMILES string of the molecule is CCNCc1cc(S(=O)(=O)NC(COC)C(C)C)c(C)o1. The van der Waals surface area contributed by atoms with Gasteiger partial charge < -0.3 is 14.5 Å². The number of nitrogens with one attached hydrogen (secondary N) is 2. The summed E-state index contributed by atoms with van der Waals surface area (Å²) in [7, 11) is -2.06. The van der Waals surface area contributed by atoms with Crippen LogP contribution in [0.3, 0.4) is 0 Å². The summed E-state index contributed by atoms with van der Waals surface area (Å²) in [6, 6.07) is 1.30. The standard InChI is InChI=1S/C14H26N2O4S/c1-6-15-8-12-7-14(11(4)20-12)21(17,18)16-13(9-19-5)10(2)3/h7,10,13,15-16H,6,8-9H2,1-5H3. The molecular formula is C14H26N2O4S. The van der Waals surface area contributed by atoms with Crippen LogP contribution in [0.2, 0.25) is 0 Å². The lowest BCUT2D eigenvalue weighted by atomic mass is 10.1. The first kappa shape index (κ1) is 18.2. The van der Waals surface area contributed by atoms with Crippen molar-refractivity contribution in [2.45, 2.75) is 45.2 Å².